The van der Waals surface area contributed by atoms with E-state index in [2.05, 4.69) is 15.9 Å². The Labute approximate surface area is 146 Å². The highest BCUT2D eigenvalue weighted by atomic mass is 79.9. The first kappa shape index (κ1) is 15.7. The Morgan fingerprint density at radius 1 is 1.32 bits per heavy atom. The summed E-state index contributed by atoms with van der Waals surface area (Å²) >= 11 is 11.3. The Balaban J connectivity index is 2.09. The average molecular weight is 399 g/mol. The van der Waals surface area contributed by atoms with Gasteiger partial charge in [-0.3, -0.25) is 9.69 Å². The summed E-state index contributed by atoms with van der Waals surface area (Å²) in [5.41, 5.74) is 1.76. The van der Waals surface area contributed by atoms with Crippen molar-refractivity contribution in [3.63, 3.8) is 0 Å². The number of hydrogen-bond donors (Lipinski definition) is 0. The molecule has 0 radical (unpaired) electrons. The summed E-state index contributed by atoms with van der Waals surface area (Å²) in [6, 6.07) is 13.2. The van der Waals surface area contributed by atoms with Crippen molar-refractivity contribution in [3.8, 4) is 5.75 Å². The van der Waals surface area contributed by atoms with Gasteiger partial charge in [-0.2, -0.15) is 0 Å². The summed E-state index contributed by atoms with van der Waals surface area (Å²) in [4.78, 5) is 14.2. The number of anilines is 1. The highest BCUT2D eigenvalue weighted by Gasteiger charge is 2.36. The van der Waals surface area contributed by atoms with E-state index in [0.717, 1.165) is 10.0 Å². The molecule has 0 N–H and O–H groups in total. The third-order valence-electron chi connectivity index (χ3n) is 3.44. The number of halogens is 2. The summed E-state index contributed by atoms with van der Waals surface area (Å²) in [7, 11) is 1.59. The molecule has 1 fully saturated rings. The molecule has 3 nitrogen and oxygen atoms in total. The second kappa shape index (κ2) is 6.52. The van der Waals surface area contributed by atoms with Crippen LogP contribution in [0.15, 0.2) is 46.9 Å². The minimum atomic E-state index is -0.101. The molecule has 6 heteroatoms. The molecule has 0 saturated carbocycles. The van der Waals surface area contributed by atoms with Crippen LogP contribution in [0.3, 0.4) is 0 Å². The van der Waals surface area contributed by atoms with Gasteiger partial charge in [0, 0.05) is 9.50 Å². The molecule has 0 aromatic heterocycles. The Morgan fingerprint density at radius 2 is 2.09 bits per heavy atom. The first-order valence-corrected chi connectivity index (χ1v) is 8.85. The van der Waals surface area contributed by atoms with Crippen LogP contribution in [0.1, 0.15) is 10.9 Å². The maximum Gasteiger partial charge on any atom is 0.238 e. The van der Waals surface area contributed by atoms with Gasteiger partial charge >= 0.3 is 0 Å². The maximum atomic E-state index is 12.4. The summed E-state index contributed by atoms with van der Waals surface area (Å²) in [5.74, 6) is 1.12. The Bertz CT molecular complexity index is 725. The number of carbonyl (C=O) groups excluding carboxylic acids is 1. The maximum absolute atomic E-state index is 12.4. The highest BCUT2D eigenvalue weighted by Crippen LogP contribution is 2.47. The quantitative estimate of drug-likeness (QED) is 0.737. The van der Waals surface area contributed by atoms with Crippen LogP contribution in [-0.4, -0.2) is 18.8 Å². The molecule has 1 atom stereocenters. The molecule has 0 bridgehead atoms. The zero-order valence-corrected chi connectivity index (χ0v) is 14.9. The van der Waals surface area contributed by atoms with Gasteiger partial charge in [0.2, 0.25) is 5.91 Å². The lowest BCUT2D eigenvalue weighted by atomic mass is 10.2. The Kier molecular flexibility index (Phi) is 4.66. The summed E-state index contributed by atoms with van der Waals surface area (Å²) < 4.78 is 6.38. The molecular formula is C16H13BrClNO2S. The molecule has 1 saturated heterocycles. The van der Waals surface area contributed by atoms with Gasteiger partial charge in [-0.25, -0.2) is 0 Å². The van der Waals surface area contributed by atoms with Crippen molar-refractivity contribution in [1.82, 2.24) is 0 Å². The molecule has 1 aliphatic rings. The molecule has 0 aliphatic carbocycles. The topological polar surface area (TPSA) is 29.5 Å². The predicted molar refractivity (Wildman–Crippen MR) is 94.8 cm³/mol. The fraction of sp³-hybridized carbons (Fsp3) is 0.188. The number of amides is 1. The average Bonchev–Trinajstić information content (AvgIpc) is 2.89. The van der Waals surface area contributed by atoms with Crippen LogP contribution in [0.5, 0.6) is 5.75 Å². The van der Waals surface area contributed by atoms with E-state index >= 15 is 0 Å². The normalized spacial score (nSPS) is 17.9. The van der Waals surface area contributed by atoms with Crippen LogP contribution in [0.2, 0.25) is 5.02 Å². The van der Waals surface area contributed by atoms with E-state index in [0.29, 0.717) is 22.2 Å². The lowest BCUT2D eigenvalue weighted by Crippen LogP contribution is -2.28. The molecule has 1 aliphatic heterocycles. The number of nitrogens with zero attached hydrogens (tertiary/aromatic N) is 1. The molecule has 0 spiro atoms. The lowest BCUT2D eigenvalue weighted by Gasteiger charge is -2.26. The van der Waals surface area contributed by atoms with Gasteiger partial charge < -0.3 is 4.74 Å². The zero-order chi connectivity index (χ0) is 15.7. The molecule has 3 rings (SSSR count). The fourth-order valence-electron chi connectivity index (χ4n) is 2.44. The van der Waals surface area contributed by atoms with Crippen molar-refractivity contribution in [1.29, 1.82) is 0 Å². The van der Waals surface area contributed by atoms with Gasteiger partial charge in [-0.15, -0.1) is 11.8 Å². The van der Waals surface area contributed by atoms with E-state index in [4.69, 9.17) is 16.3 Å². The van der Waals surface area contributed by atoms with Crippen LogP contribution in [0, 0.1) is 0 Å². The summed E-state index contributed by atoms with van der Waals surface area (Å²) in [5, 5.41) is 0.474. The molecule has 1 amide bonds. The molecular weight excluding hydrogens is 386 g/mol. The highest BCUT2D eigenvalue weighted by molar-refractivity contribution is 9.10. The van der Waals surface area contributed by atoms with E-state index in [1.165, 1.54) is 0 Å². The summed E-state index contributed by atoms with van der Waals surface area (Å²) in [6.07, 6.45) is 0. The van der Waals surface area contributed by atoms with Crippen molar-refractivity contribution < 1.29 is 9.53 Å². The smallest absolute Gasteiger partial charge is 0.238 e. The van der Waals surface area contributed by atoms with Crippen molar-refractivity contribution in [2.45, 2.75) is 5.37 Å². The first-order valence-electron chi connectivity index (χ1n) is 6.63. The number of ether oxygens (including phenoxy) is 1. The first-order chi connectivity index (χ1) is 10.6. The monoisotopic (exact) mass is 397 g/mol. The van der Waals surface area contributed by atoms with Crippen LogP contribution in [-0.2, 0) is 4.79 Å². The SMILES string of the molecule is COc1ccc(Cl)cc1N1C(=O)CS[C@H]1c1ccccc1Br. The Hall–Kier alpha value is -1.17. The number of carbonyl (C=O) groups is 1. The second-order valence-electron chi connectivity index (χ2n) is 4.76. The van der Waals surface area contributed by atoms with E-state index in [1.54, 1.807) is 42.0 Å². The number of methoxy groups -OCH3 is 1. The minimum Gasteiger partial charge on any atom is -0.495 e. The molecule has 2 aromatic rings. The van der Waals surface area contributed by atoms with Crippen molar-refractivity contribution >= 4 is 50.9 Å². The molecule has 2 aromatic carbocycles. The molecule has 22 heavy (non-hydrogen) atoms. The largest absolute Gasteiger partial charge is 0.495 e. The van der Waals surface area contributed by atoms with Gasteiger partial charge in [0.15, 0.2) is 0 Å². The van der Waals surface area contributed by atoms with Crippen LogP contribution >= 0.6 is 39.3 Å². The van der Waals surface area contributed by atoms with E-state index < -0.39 is 0 Å². The number of rotatable bonds is 3. The van der Waals surface area contributed by atoms with Crippen LogP contribution in [0.4, 0.5) is 5.69 Å². The Morgan fingerprint density at radius 3 is 2.82 bits per heavy atom. The molecule has 0 unspecified atom stereocenters. The van der Waals surface area contributed by atoms with Gasteiger partial charge in [0.05, 0.1) is 18.6 Å². The molecule has 114 valence electrons. The second-order valence-corrected chi connectivity index (χ2v) is 7.12. The van der Waals surface area contributed by atoms with Gasteiger partial charge in [0.25, 0.3) is 0 Å². The van der Waals surface area contributed by atoms with Gasteiger partial charge in [-0.05, 0) is 29.8 Å². The van der Waals surface area contributed by atoms with Gasteiger partial charge in [-0.1, -0.05) is 45.7 Å². The van der Waals surface area contributed by atoms with Crippen LogP contribution < -0.4 is 9.64 Å². The molecule has 1 heterocycles. The van der Waals surface area contributed by atoms with E-state index in [-0.39, 0.29) is 11.3 Å². The zero-order valence-electron chi connectivity index (χ0n) is 11.8. The van der Waals surface area contributed by atoms with Crippen molar-refractivity contribution in [2.24, 2.45) is 0 Å². The number of benzene rings is 2. The third kappa shape index (κ3) is 2.85. The van der Waals surface area contributed by atoms with E-state index in [1.807, 2.05) is 24.3 Å². The number of thioether (sulfide) groups is 1. The minimum absolute atomic E-state index is 0.0475. The van der Waals surface area contributed by atoms with Crippen molar-refractivity contribution in [3.05, 3.63) is 57.5 Å². The summed E-state index contributed by atoms with van der Waals surface area (Å²) in [6.45, 7) is 0. The fourth-order valence-corrected chi connectivity index (χ4v) is 4.47. The third-order valence-corrected chi connectivity index (χ3v) is 5.59. The van der Waals surface area contributed by atoms with Crippen molar-refractivity contribution in [2.75, 3.05) is 17.8 Å². The van der Waals surface area contributed by atoms with Gasteiger partial charge in [0.1, 0.15) is 11.1 Å². The lowest BCUT2D eigenvalue weighted by molar-refractivity contribution is -0.115. The number of hydrogen-bond acceptors (Lipinski definition) is 3. The standard InChI is InChI=1S/C16H13BrClNO2S/c1-21-14-7-6-10(18)8-13(14)19-15(20)9-22-16(19)11-4-2-3-5-12(11)17/h2-8,16H,9H2,1H3/t16-/m0/s1. The predicted octanol–water partition coefficient (Wildman–Crippen LogP) is 4.89. The van der Waals surface area contributed by atoms with E-state index in [9.17, 15) is 4.79 Å². The van der Waals surface area contributed by atoms with Crippen LogP contribution in [0.25, 0.3) is 0 Å².